The molecule has 1 aliphatic heterocycles. The van der Waals surface area contributed by atoms with Crippen LogP contribution in [0.5, 0.6) is 5.75 Å². The van der Waals surface area contributed by atoms with Gasteiger partial charge in [-0.05, 0) is 60.9 Å². The smallest absolute Gasteiger partial charge is 0.290 e. The highest BCUT2D eigenvalue weighted by atomic mass is 16.5. The molecule has 1 aliphatic rings. The summed E-state index contributed by atoms with van der Waals surface area (Å²) in [5.74, 6) is 1.83. The van der Waals surface area contributed by atoms with Crippen molar-refractivity contribution in [1.29, 1.82) is 0 Å². The zero-order valence-electron chi connectivity index (χ0n) is 21.8. The fourth-order valence-electron chi connectivity index (χ4n) is 4.35. The molecule has 37 heavy (non-hydrogen) atoms. The molecule has 0 unspecified atom stereocenters. The minimum absolute atomic E-state index is 0.0419. The van der Waals surface area contributed by atoms with Gasteiger partial charge in [-0.3, -0.25) is 9.59 Å². The van der Waals surface area contributed by atoms with Gasteiger partial charge in [0.1, 0.15) is 12.3 Å². The molecule has 1 aromatic carbocycles. The summed E-state index contributed by atoms with van der Waals surface area (Å²) in [6.45, 7) is 7.35. The van der Waals surface area contributed by atoms with E-state index in [0.717, 1.165) is 42.2 Å². The molecule has 1 fully saturated rings. The Morgan fingerprint density at radius 2 is 1.86 bits per heavy atom. The highest BCUT2D eigenvalue weighted by Gasteiger charge is 2.26. The Morgan fingerprint density at radius 1 is 1.05 bits per heavy atom. The predicted molar refractivity (Wildman–Crippen MR) is 141 cm³/mol. The first-order chi connectivity index (χ1) is 18.0. The van der Waals surface area contributed by atoms with Crippen molar-refractivity contribution in [3.63, 3.8) is 0 Å². The molecule has 3 heterocycles. The zero-order chi connectivity index (χ0) is 26.2. The molecule has 2 amide bonds. The van der Waals surface area contributed by atoms with E-state index in [0.29, 0.717) is 26.2 Å². The second-order valence-electron chi connectivity index (χ2n) is 9.40. The second-order valence-corrected chi connectivity index (χ2v) is 9.40. The lowest BCUT2D eigenvalue weighted by molar-refractivity contribution is -0.131. The SMILES string of the molecule is CC[C@@H](C)CN(CC(=O)N1CCCN(c2ccc(-c3ccc(OC)cc3)nn2)CC1)C(=O)c1ccco1. The van der Waals surface area contributed by atoms with E-state index in [1.54, 1.807) is 24.1 Å². The Bertz CT molecular complexity index is 1150. The number of ether oxygens (including phenoxy) is 1. The average molecular weight is 506 g/mol. The van der Waals surface area contributed by atoms with Gasteiger partial charge in [0.15, 0.2) is 11.6 Å². The van der Waals surface area contributed by atoms with Crippen molar-refractivity contribution in [2.75, 3.05) is 51.3 Å². The van der Waals surface area contributed by atoms with Crippen molar-refractivity contribution < 1.29 is 18.7 Å². The summed E-state index contributed by atoms with van der Waals surface area (Å²) < 4.78 is 10.5. The van der Waals surface area contributed by atoms with E-state index in [1.165, 1.54) is 6.26 Å². The van der Waals surface area contributed by atoms with Crippen molar-refractivity contribution >= 4 is 17.6 Å². The van der Waals surface area contributed by atoms with E-state index in [4.69, 9.17) is 9.15 Å². The number of methoxy groups -OCH3 is 1. The van der Waals surface area contributed by atoms with E-state index in [2.05, 4.69) is 28.9 Å². The average Bonchev–Trinajstić information content (AvgIpc) is 3.36. The van der Waals surface area contributed by atoms with E-state index < -0.39 is 0 Å². The quantitative estimate of drug-likeness (QED) is 0.434. The first-order valence-corrected chi connectivity index (χ1v) is 12.8. The number of hydrogen-bond acceptors (Lipinski definition) is 7. The number of carbonyl (C=O) groups excluding carboxylic acids is 2. The highest BCUT2D eigenvalue weighted by Crippen LogP contribution is 2.22. The fraction of sp³-hybridized carbons (Fsp3) is 0.429. The van der Waals surface area contributed by atoms with Crippen LogP contribution >= 0.6 is 0 Å². The van der Waals surface area contributed by atoms with Gasteiger partial charge in [-0.2, -0.15) is 0 Å². The van der Waals surface area contributed by atoms with Crippen LogP contribution in [0.1, 0.15) is 37.2 Å². The Hall–Kier alpha value is -3.88. The first-order valence-electron chi connectivity index (χ1n) is 12.8. The number of furan rings is 1. The minimum Gasteiger partial charge on any atom is -0.497 e. The minimum atomic E-state index is -0.248. The van der Waals surface area contributed by atoms with Crippen LogP contribution in [0.3, 0.4) is 0 Å². The molecule has 1 atom stereocenters. The van der Waals surface area contributed by atoms with Crippen molar-refractivity contribution in [2.45, 2.75) is 26.7 Å². The molecule has 196 valence electrons. The molecule has 1 saturated heterocycles. The summed E-state index contributed by atoms with van der Waals surface area (Å²) in [5.41, 5.74) is 1.76. The summed E-state index contributed by atoms with van der Waals surface area (Å²) in [4.78, 5) is 31.8. The third-order valence-corrected chi connectivity index (χ3v) is 6.78. The van der Waals surface area contributed by atoms with E-state index >= 15 is 0 Å². The third-order valence-electron chi connectivity index (χ3n) is 6.78. The molecule has 9 nitrogen and oxygen atoms in total. The van der Waals surface area contributed by atoms with Gasteiger partial charge < -0.3 is 23.9 Å². The van der Waals surface area contributed by atoms with Gasteiger partial charge in [0.25, 0.3) is 5.91 Å². The Labute approximate surface area is 218 Å². The molecule has 0 aliphatic carbocycles. The van der Waals surface area contributed by atoms with Gasteiger partial charge in [-0.1, -0.05) is 20.3 Å². The maximum Gasteiger partial charge on any atom is 0.290 e. The van der Waals surface area contributed by atoms with Crippen LogP contribution in [0, 0.1) is 5.92 Å². The van der Waals surface area contributed by atoms with Crippen molar-refractivity contribution in [2.24, 2.45) is 5.92 Å². The number of rotatable bonds is 9. The second kappa shape index (κ2) is 12.4. The van der Waals surface area contributed by atoms with Crippen molar-refractivity contribution in [3.05, 3.63) is 60.6 Å². The van der Waals surface area contributed by atoms with Gasteiger partial charge in [-0.25, -0.2) is 0 Å². The molecule has 0 saturated carbocycles. The molecule has 0 N–H and O–H groups in total. The van der Waals surface area contributed by atoms with Gasteiger partial charge in [0.05, 0.1) is 19.1 Å². The summed E-state index contributed by atoms with van der Waals surface area (Å²) in [6.07, 6.45) is 3.21. The number of nitrogens with zero attached hydrogens (tertiary/aromatic N) is 5. The van der Waals surface area contributed by atoms with Crippen molar-refractivity contribution in [1.82, 2.24) is 20.0 Å². The van der Waals surface area contributed by atoms with Gasteiger partial charge >= 0.3 is 0 Å². The van der Waals surface area contributed by atoms with Crippen LogP contribution in [0.25, 0.3) is 11.3 Å². The first kappa shape index (κ1) is 26.2. The number of carbonyl (C=O) groups is 2. The van der Waals surface area contributed by atoms with E-state index in [9.17, 15) is 9.59 Å². The zero-order valence-corrected chi connectivity index (χ0v) is 21.8. The Kier molecular flexibility index (Phi) is 8.77. The topological polar surface area (TPSA) is 92.0 Å². The summed E-state index contributed by atoms with van der Waals surface area (Å²) in [7, 11) is 1.64. The maximum absolute atomic E-state index is 13.2. The number of anilines is 1. The normalized spacial score (nSPS) is 14.7. The monoisotopic (exact) mass is 505 g/mol. The van der Waals surface area contributed by atoms with Crippen molar-refractivity contribution in [3.8, 4) is 17.0 Å². The molecular weight excluding hydrogens is 470 g/mol. The molecule has 0 bridgehead atoms. The maximum atomic E-state index is 13.2. The lowest BCUT2D eigenvalue weighted by Gasteiger charge is -2.28. The van der Waals surface area contributed by atoms with Crippen LogP contribution in [0.15, 0.2) is 59.2 Å². The summed E-state index contributed by atoms with van der Waals surface area (Å²) in [5, 5.41) is 8.87. The molecule has 0 spiro atoms. The summed E-state index contributed by atoms with van der Waals surface area (Å²) in [6, 6.07) is 15.0. The van der Waals surface area contributed by atoms with Gasteiger partial charge in [0, 0.05) is 38.3 Å². The molecule has 4 rings (SSSR count). The van der Waals surface area contributed by atoms with Gasteiger partial charge in [-0.15, -0.1) is 10.2 Å². The number of amides is 2. The Morgan fingerprint density at radius 3 is 2.51 bits per heavy atom. The highest BCUT2D eigenvalue weighted by molar-refractivity contribution is 5.94. The van der Waals surface area contributed by atoms with E-state index in [1.807, 2.05) is 41.3 Å². The molecule has 9 heteroatoms. The van der Waals surface area contributed by atoms with Crippen LogP contribution in [0.4, 0.5) is 5.82 Å². The number of benzene rings is 1. The molecule has 2 aromatic heterocycles. The predicted octanol–water partition coefficient (Wildman–Crippen LogP) is 3.97. The Balaban J connectivity index is 1.37. The lowest BCUT2D eigenvalue weighted by Crippen LogP contribution is -2.45. The number of aromatic nitrogens is 2. The summed E-state index contributed by atoms with van der Waals surface area (Å²) >= 11 is 0. The fourth-order valence-corrected chi connectivity index (χ4v) is 4.35. The molecule has 0 radical (unpaired) electrons. The number of hydrogen-bond donors (Lipinski definition) is 0. The molecule has 3 aromatic rings. The van der Waals surface area contributed by atoms with Crippen LogP contribution in [-0.2, 0) is 4.79 Å². The van der Waals surface area contributed by atoms with Crippen LogP contribution in [-0.4, -0.2) is 78.2 Å². The largest absolute Gasteiger partial charge is 0.497 e. The lowest BCUT2D eigenvalue weighted by atomic mass is 10.1. The third kappa shape index (κ3) is 6.67. The van der Waals surface area contributed by atoms with Gasteiger partial charge in [0.2, 0.25) is 5.91 Å². The molecular formula is C28H35N5O4. The van der Waals surface area contributed by atoms with Crippen LogP contribution < -0.4 is 9.64 Å². The van der Waals surface area contributed by atoms with Crippen LogP contribution in [0.2, 0.25) is 0 Å². The van der Waals surface area contributed by atoms with E-state index in [-0.39, 0.29) is 30.0 Å². The standard InChI is InChI=1S/C28H35N5O4/c1-4-21(2)19-33(28(35)25-7-5-18-37-25)20-27(34)32-15-6-14-31(16-17-32)26-13-12-24(29-30-26)22-8-10-23(36-3)11-9-22/h5,7-13,18,21H,4,6,14-17,19-20H2,1-3H3/t21-/m1/s1.